The maximum Gasteiger partial charge on any atom is 0.360 e. The largest absolute Gasteiger partial charge is 0.494 e. The summed E-state index contributed by atoms with van der Waals surface area (Å²) < 4.78 is 50.5. The molecule has 2 aromatic carbocycles. The number of aromatic nitrogens is 6. The number of rotatable bonds is 10. The molecule has 42 heavy (non-hydrogen) atoms. The number of nitrogens with zero attached hydrogens (tertiary/aromatic N) is 6. The molecule has 0 unspecified atom stereocenters. The van der Waals surface area contributed by atoms with Gasteiger partial charge in [0.1, 0.15) is 0 Å². The lowest BCUT2D eigenvalue weighted by Gasteiger charge is -2.11. The minimum absolute atomic E-state index is 0.0357. The summed E-state index contributed by atoms with van der Waals surface area (Å²) in [7, 11) is 2.77. The fourth-order valence-corrected chi connectivity index (χ4v) is 4.00. The lowest BCUT2D eigenvalue weighted by Crippen LogP contribution is -2.05. The number of hydrogen-bond acceptors (Lipinski definition) is 10. The van der Waals surface area contributed by atoms with Crippen molar-refractivity contribution < 1.29 is 37.3 Å². The molecule has 0 saturated carbocycles. The molecule has 224 valence electrons. The van der Waals surface area contributed by atoms with Gasteiger partial charge in [-0.25, -0.2) is 27.7 Å². The van der Waals surface area contributed by atoms with Gasteiger partial charge >= 0.3 is 11.9 Å². The first-order chi connectivity index (χ1) is 20.2. The molecule has 0 saturated heterocycles. The van der Waals surface area contributed by atoms with Crippen molar-refractivity contribution in [1.82, 2.24) is 30.0 Å². The third-order valence-corrected chi connectivity index (χ3v) is 6.01. The minimum atomic E-state index is -0.592. The van der Waals surface area contributed by atoms with Crippen LogP contribution in [-0.2, 0) is 21.8 Å². The Hall–Kier alpha value is -4.59. The van der Waals surface area contributed by atoms with E-state index >= 15 is 0 Å². The molecule has 2 aromatic heterocycles. The first kappa shape index (κ1) is 31.9. The molecule has 0 aliphatic carbocycles. The van der Waals surface area contributed by atoms with Gasteiger partial charge in [0.25, 0.3) is 0 Å². The molecule has 15 heteroatoms. The normalized spacial score (nSPS) is 10.5. The van der Waals surface area contributed by atoms with E-state index in [-0.39, 0.29) is 47.5 Å². The Morgan fingerprint density at radius 3 is 1.57 bits per heavy atom. The molecule has 0 bridgehead atoms. The van der Waals surface area contributed by atoms with Gasteiger partial charge in [0.05, 0.1) is 57.1 Å². The summed E-state index contributed by atoms with van der Waals surface area (Å²) >= 11 is 5.79. The highest BCUT2D eigenvalue weighted by atomic mass is 35.5. The Morgan fingerprint density at radius 1 is 0.762 bits per heavy atom. The second-order valence-electron chi connectivity index (χ2n) is 8.18. The van der Waals surface area contributed by atoms with Crippen molar-refractivity contribution in [2.45, 2.75) is 33.1 Å². The van der Waals surface area contributed by atoms with Gasteiger partial charge in [0.2, 0.25) is 0 Å². The van der Waals surface area contributed by atoms with Crippen molar-refractivity contribution in [3.63, 3.8) is 0 Å². The second kappa shape index (κ2) is 14.9. The van der Waals surface area contributed by atoms with Crippen molar-refractivity contribution in [2.75, 3.05) is 27.4 Å². The van der Waals surface area contributed by atoms with Crippen molar-refractivity contribution in [2.24, 2.45) is 0 Å². The third kappa shape index (κ3) is 7.00. The number of benzene rings is 2. The van der Waals surface area contributed by atoms with Crippen molar-refractivity contribution >= 4 is 23.5 Å². The zero-order valence-corrected chi connectivity index (χ0v) is 24.3. The number of hydrogen-bond donors (Lipinski definition) is 0. The molecule has 4 rings (SSSR count). The fourth-order valence-electron chi connectivity index (χ4n) is 3.75. The van der Waals surface area contributed by atoms with Gasteiger partial charge in [-0.3, -0.25) is 0 Å². The summed E-state index contributed by atoms with van der Waals surface area (Å²) in [5.74, 6) is -1.99. The Kier molecular flexibility index (Phi) is 11.3. The number of carbonyl (C=O) groups is 2. The monoisotopic (exact) mass is 606 g/mol. The molecule has 0 aliphatic rings. The smallest absolute Gasteiger partial charge is 0.360 e. The Balaban J connectivity index is 0.000000230. The zero-order chi connectivity index (χ0) is 30.8. The van der Waals surface area contributed by atoms with Crippen LogP contribution in [0.3, 0.4) is 0 Å². The number of carbonyl (C=O) groups excluding carboxylic acids is 2. The molecule has 0 fully saturated rings. The van der Waals surface area contributed by atoms with E-state index in [1.807, 2.05) is 6.92 Å². The predicted octanol–water partition coefficient (Wildman–Crippen LogP) is 4.48. The predicted molar refractivity (Wildman–Crippen MR) is 147 cm³/mol. The number of ether oxygens (including phenoxy) is 4. The standard InChI is InChI=1S/C14H16FN3O3.C13H13ClFN3O3/c1-4-9-11(6-7-12(20-3)13(9)15)18-8-10(16-17-18)14(19)21-5-2;1-3-21-13(19)9-7-18(17-16-9)10-4-5-11(20-2)12(15)8(10)6-14/h6-8H,4-5H2,1-3H3;4-5,7H,3,6H2,1-2H3. The Labute approximate surface area is 245 Å². The first-order valence-electron chi connectivity index (χ1n) is 12.7. The Bertz CT molecular complexity index is 1430. The van der Waals surface area contributed by atoms with Crippen LogP contribution in [-0.4, -0.2) is 69.4 Å². The van der Waals surface area contributed by atoms with E-state index < -0.39 is 23.6 Å². The molecule has 0 radical (unpaired) electrons. The van der Waals surface area contributed by atoms with Gasteiger partial charge in [0, 0.05) is 11.1 Å². The van der Waals surface area contributed by atoms with Gasteiger partial charge in [-0.2, -0.15) is 0 Å². The highest BCUT2D eigenvalue weighted by Gasteiger charge is 2.19. The lowest BCUT2D eigenvalue weighted by atomic mass is 10.1. The number of esters is 2. The van der Waals surface area contributed by atoms with Crippen LogP contribution < -0.4 is 9.47 Å². The molecule has 2 heterocycles. The van der Waals surface area contributed by atoms with Crippen molar-refractivity contribution in [3.05, 3.63) is 70.8 Å². The van der Waals surface area contributed by atoms with Crippen LogP contribution in [0.5, 0.6) is 11.5 Å². The molecule has 12 nitrogen and oxygen atoms in total. The van der Waals surface area contributed by atoms with Gasteiger partial charge in [-0.1, -0.05) is 17.4 Å². The summed E-state index contributed by atoms with van der Waals surface area (Å²) in [6, 6.07) is 6.22. The summed E-state index contributed by atoms with van der Waals surface area (Å²) in [6.45, 7) is 5.70. The average Bonchev–Trinajstić information content (AvgIpc) is 3.68. The average molecular weight is 607 g/mol. The summed E-state index contributed by atoms with van der Waals surface area (Å²) in [6.07, 6.45) is 3.22. The minimum Gasteiger partial charge on any atom is -0.494 e. The van der Waals surface area contributed by atoms with Crippen LogP contribution >= 0.6 is 11.6 Å². The van der Waals surface area contributed by atoms with E-state index in [9.17, 15) is 18.4 Å². The number of alkyl halides is 1. The molecular formula is C27H29ClF2N6O6. The van der Waals surface area contributed by atoms with Crippen molar-refractivity contribution in [3.8, 4) is 22.9 Å². The van der Waals surface area contributed by atoms with Crippen LogP contribution in [0.4, 0.5) is 8.78 Å². The van der Waals surface area contributed by atoms with Gasteiger partial charge in [0.15, 0.2) is 34.5 Å². The molecule has 0 aliphatic heterocycles. The van der Waals surface area contributed by atoms with Crippen LogP contribution in [0.1, 0.15) is 52.9 Å². The van der Waals surface area contributed by atoms with Crippen LogP contribution in [0.25, 0.3) is 11.4 Å². The van der Waals surface area contributed by atoms with Crippen LogP contribution in [0, 0.1) is 11.6 Å². The van der Waals surface area contributed by atoms with E-state index in [0.717, 1.165) is 0 Å². The van der Waals surface area contributed by atoms with E-state index in [2.05, 4.69) is 20.6 Å². The van der Waals surface area contributed by atoms with Gasteiger partial charge in [-0.15, -0.1) is 21.8 Å². The second-order valence-corrected chi connectivity index (χ2v) is 8.45. The zero-order valence-electron chi connectivity index (χ0n) is 23.6. The molecule has 0 spiro atoms. The third-order valence-electron chi connectivity index (χ3n) is 5.74. The quantitative estimate of drug-likeness (QED) is 0.188. The van der Waals surface area contributed by atoms with Gasteiger partial charge < -0.3 is 18.9 Å². The molecular weight excluding hydrogens is 578 g/mol. The number of halogens is 3. The topological polar surface area (TPSA) is 132 Å². The highest BCUT2D eigenvalue weighted by molar-refractivity contribution is 6.17. The lowest BCUT2D eigenvalue weighted by molar-refractivity contribution is 0.0510. The molecule has 0 atom stereocenters. The van der Waals surface area contributed by atoms with E-state index in [1.165, 1.54) is 48.1 Å². The molecule has 0 amide bonds. The van der Waals surface area contributed by atoms with E-state index in [1.54, 1.807) is 26.0 Å². The summed E-state index contributed by atoms with van der Waals surface area (Å²) in [5.41, 5.74) is 1.65. The van der Waals surface area contributed by atoms with E-state index in [4.69, 9.17) is 30.5 Å². The van der Waals surface area contributed by atoms with Crippen LogP contribution in [0.2, 0.25) is 0 Å². The van der Waals surface area contributed by atoms with Crippen molar-refractivity contribution in [1.29, 1.82) is 0 Å². The Morgan fingerprint density at radius 2 is 1.19 bits per heavy atom. The fraction of sp³-hybridized carbons (Fsp3) is 0.333. The van der Waals surface area contributed by atoms with Gasteiger partial charge in [-0.05, 0) is 44.5 Å². The molecule has 0 N–H and O–H groups in total. The summed E-state index contributed by atoms with van der Waals surface area (Å²) in [5, 5.41) is 15.1. The summed E-state index contributed by atoms with van der Waals surface area (Å²) in [4.78, 5) is 23.1. The SMILES string of the molecule is CCOC(=O)c1cn(-c2ccc(OC)c(F)c2CC)nn1.CCOC(=O)c1cn(-c2ccc(OC)c(F)c2CCl)nn1. The maximum absolute atomic E-state index is 14.2. The van der Waals surface area contributed by atoms with E-state index in [0.29, 0.717) is 23.4 Å². The van der Waals surface area contributed by atoms with Crippen LogP contribution in [0.15, 0.2) is 36.7 Å². The highest BCUT2D eigenvalue weighted by Crippen LogP contribution is 2.28. The maximum atomic E-state index is 14.2. The first-order valence-corrected chi connectivity index (χ1v) is 13.2. The number of methoxy groups -OCH3 is 2. The molecule has 4 aromatic rings.